The summed E-state index contributed by atoms with van der Waals surface area (Å²) < 4.78 is 7.77. The molecule has 0 spiro atoms. The Hall–Kier alpha value is -1.88. The van der Waals surface area contributed by atoms with Gasteiger partial charge in [-0.25, -0.2) is 9.78 Å². The molecule has 2 aromatic rings. The predicted octanol–water partition coefficient (Wildman–Crippen LogP) is 2.72. The fourth-order valence-electron chi connectivity index (χ4n) is 2.52. The zero-order valence-electron chi connectivity index (χ0n) is 12.2. The van der Waals surface area contributed by atoms with E-state index in [1.807, 2.05) is 0 Å². The van der Waals surface area contributed by atoms with Gasteiger partial charge in [-0.2, -0.15) is 0 Å². The number of carboxylic acids is 1. The molecule has 1 N–H and O–H groups in total. The molecule has 0 amide bonds. The molecule has 112 valence electrons. The molecule has 0 radical (unpaired) electrons. The molecule has 1 heterocycles. The quantitative estimate of drug-likeness (QED) is 0.796. The Morgan fingerprint density at radius 1 is 1.48 bits per heavy atom. The number of fused-ring (bicyclic) bond motifs is 1. The van der Waals surface area contributed by atoms with Gasteiger partial charge in [0.15, 0.2) is 0 Å². The van der Waals surface area contributed by atoms with Gasteiger partial charge >= 0.3 is 5.97 Å². The van der Waals surface area contributed by atoms with E-state index < -0.39 is 5.97 Å². The van der Waals surface area contributed by atoms with Crippen LogP contribution >= 0.6 is 0 Å². The summed E-state index contributed by atoms with van der Waals surface area (Å²) in [6, 6.07) is 5.08. The van der Waals surface area contributed by atoms with Gasteiger partial charge in [0, 0.05) is 19.6 Å². The Morgan fingerprint density at radius 3 is 2.95 bits per heavy atom. The summed E-state index contributed by atoms with van der Waals surface area (Å²) >= 11 is 0. The van der Waals surface area contributed by atoms with Gasteiger partial charge in [0.2, 0.25) is 0 Å². The van der Waals surface area contributed by atoms with E-state index in [0.717, 1.165) is 42.3 Å². The van der Waals surface area contributed by atoms with Gasteiger partial charge in [-0.1, -0.05) is 6.92 Å². The summed E-state index contributed by atoms with van der Waals surface area (Å²) in [6.45, 7) is 4.26. The molecule has 0 atom stereocenters. The van der Waals surface area contributed by atoms with Gasteiger partial charge in [0.1, 0.15) is 5.82 Å². The molecule has 0 aliphatic heterocycles. The summed E-state index contributed by atoms with van der Waals surface area (Å²) in [5.41, 5.74) is 2.02. The lowest BCUT2D eigenvalue weighted by Crippen LogP contribution is -2.10. The summed E-state index contributed by atoms with van der Waals surface area (Å²) in [5, 5.41) is 9.13. The van der Waals surface area contributed by atoms with Crippen molar-refractivity contribution in [2.45, 2.75) is 32.7 Å². The molecular weight excluding hydrogens is 268 g/mol. The van der Waals surface area contributed by atoms with Crippen molar-refractivity contribution in [2.24, 2.45) is 5.92 Å². The number of hydrogen-bond acceptors (Lipinski definition) is 3. The molecule has 5 heteroatoms. The van der Waals surface area contributed by atoms with Gasteiger partial charge in [0.25, 0.3) is 0 Å². The molecule has 5 nitrogen and oxygen atoms in total. The zero-order valence-corrected chi connectivity index (χ0v) is 12.2. The molecule has 1 aliphatic carbocycles. The molecular formula is C16H20N2O3. The Labute approximate surface area is 123 Å². The molecule has 1 saturated carbocycles. The maximum Gasteiger partial charge on any atom is 0.335 e. The van der Waals surface area contributed by atoms with Crippen LogP contribution in [0, 0.1) is 5.92 Å². The average Bonchev–Trinajstić information content (AvgIpc) is 3.23. The van der Waals surface area contributed by atoms with Crippen LogP contribution in [0.4, 0.5) is 0 Å². The molecule has 0 unspecified atom stereocenters. The molecule has 3 rings (SSSR count). The second-order valence-electron chi connectivity index (χ2n) is 5.56. The van der Waals surface area contributed by atoms with E-state index in [9.17, 15) is 4.79 Å². The van der Waals surface area contributed by atoms with Crippen molar-refractivity contribution in [3.63, 3.8) is 0 Å². The van der Waals surface area contributed by atoms with E-state index in [1.165, 1.54) is 12.8 Å². The van der Waals surface area contributed by atoms with Crippen LogP contribution in [0.25, 0.3) is 11.0 Å². The lowest BCUT2D eigenvalue weighted by Gasteiger charge is -2.09. The van der Waals surface area contributed by atoms with Gasteiger partial charge in [0.05, 0.1) is 23.2 Å². The van der Waals surface area contributed by atoms with Gasteiger partial charge in [-0.3, -0.25) is 0 Å². The maximum atomic E-state index is 11.1. The van der Waals surface area contributed by atoms with Crippen molar-refractivity contribution in [1.29, 1.82) is 0 Å². The highest BCUT2D eigenvalue weighted by molar-refractivity contribution is 5.92. The number of benzene rings is 1. The summed E-state index contributed by atoms with van der Waals surface area (Å²) in [4.78, 5) is 15.7. The van der Waals surface area contributed by atoms with Crippen molar-refractivity contribution in [3.05, 3.63) is 29.6 Å². The first-order valence-corrected chi connectivity index (χ1v) is 7.49. The van der Waals surface area contributed by atoms with Crippen LogP contribution in [0.1, 0.15) is 35.9 Å². The number of imidazole rings is 1. The number of aromatic nitrogens is 2. The third-order valence-electron chi connectivity index (χ3n) is 3.90. The van der Waals surface area contributed by atoms with E-state index in [4.69, 9.17) is 9.84 Å². The SMILES string of the molecule is CCc1nc2ccc(C(=O)O)cc2n1CCOCC1CC1. The third kappa shape index (κ3) is 3.08. The monoisotopic (exact) mass is 288 g/mol. The molecule has 1 aromatic carbocycles. The number of hydrogen-bond donors (Lipinski definition) is 1. The van der Waals surface area contributed by atoms with Crippen LogP contribution in [-0.4, -0.2) is 33.8 Å². The molecule has 1 fully saturated rings. The van der Waals surface area contributed by atoms with E-state index in [2.05, 4.69) is 16.5 Å². The van der Waals surface area contributed by atoms with E-state index in [1.54, 1.807) is 18.2 Å². The molecule has 0 bridgehead atoms. The number of rotatable bonds is 7. The minimum Gasteiger partial charge on any atom is -0.478 e. The largest absolute Gasteiger partial charge is 0.478 e. The van der Waals surface area contributed by atoms with Crippen molar-refractivity contribution in [1.82, 2.24) is 9.55 Å². The normalized spacial score (nSPS) is 14.7. The molecule has 21 heavy (non-hydrogen) atoms. The van der Waals surface area contributed by atoms with Crippen molar-refractivity contribution in [2.75, 3.05) is 13.2 Å². The van der Waals surface area contributed by atoms with Gasteiger partial charge < -0.3 is 14.4 Å². The van der Waals surface area contributed by atoms with Crippen LogP contribution < -0.4 is 0 Å². The second-order valence-corrected chi connectivity index (χ2v) is 5.56. The Bertz CT molecular complexity index is 659. The maximum absolute atomic E-state index is 11.1. The van der Waals surface area contributed by atoms with Crippen LogP contribution in [0.5, 0.6) is 0 Å². The molecule has 1 aliphatic rings. The number of carboxylic acid groups (broad SMARTS) is 1. The van der Waals surface area contributed by atoms with Crippen molar-refractivity contribution < 1.29 is 14.6 Å². The highest BCUT2D eigenvalue weighted by atomic mass is 16.5. The Balaban J connectivity index is 1.82. The fourth-order valence-corrected chi connectivity index (χ4v) is 2.52. The van der Waals surface area contributed by atoms with E-state index in [-0.39, 0.29) is 0 Å². The number of nitrogens with zero attached hydrogens (tertiary/aromatic N) is 2. The Kier molecular flexibility index (Phi) is 3.92. The minimum absolute atomic E-state index is 0.296. The second kappa shape index (κ2) is 5.85. The summed E-state index contributed by atoms with van der Waals surface area (Å²) in [7, 11) is 0. The van der Waals surface area contributed by atoms with Crippen LogP contribution in [0.3, 0.4) is 0 Å². The first-order chi connectivity index (χ1) is 10.2. The lowest BCUT2D eigenvalue weighted by molar-refractivity contribution is 0.0697. The van der Waals surface area contributed by atoms with Crippen LogP contribution in [0.15, 0.2) is 18.2 Å². The van der Waals surface area contributed by atoms with Crippen LogP contribution in [-0.2, 0) is 17.7 Å². The number of aromatic carboxylic acids is 1. The summed E-state index contributed by atoms with van der Waals surface area (Å²) in [5.74, 6) is 0.823. The zero-order chi connectivity index (χ0) is 14.8. The van der Waals surface area contributed by atoms with Crippen molar-refractivity contribution in [3.8, 4) is 0 Å². The first kappa shape index (κ1) is 14.1. The number of aryl methyl sites for hydroxylation is 1. The first-order valence-electron chi connectivity index (χ1n) is 7.49. The molecule has 0 saturated heterocycles. The fraction of sp³-hybridized carbons (Fsp3) is 0.500. The van der Waals surface area contributed by atoms with Gasteiger partial charge in [-0.05, 0) is 37.0 Å². The lowest BCUT2D eigenvalue weighted by atomic mass is 10.2. The third-order valence-corrected chi connectivity index (χ3v) is 3.90. The standard InChI is InChI=1S/C16H20N2O3/c1-2-15-17-13-6-5-12(16(19)20)9-14(13)18(15)7-8-21-10-11-3-4-11/h5-6,9,11H,2-4,7-8,10H2,1H3,(H,19,20). The highest BCUT2D eigenvalue weighted by Crippen LogP contribution is 2.28. The topological polar surface area (TPSA) is 64.3 Å². The minimum atomic E-state index is -0.910. The average molecular weight is 288 g/mol. The van der Waals surface area contributed by atoms with Crippen LogP contribution in [0.2, 0.25) is 0 Å². The van der Waals surface area contributed by atoms with Gasteiger partial charge in [-0.15, -0.1) is 0 Å². The number of carbonyl (C=O) groups is 1. The van der Waals surface area contributed by atoms with E-state index in [0.29, 0.717) is 12.2 Å². The number of ether oxygens (including phenoxy) is 1. The summed E-state index contributed by atoms with van der Waals surface area (Å²) in [6.07, 6.45) is 3.39. The highest BCUT2D eigenvalue weighted by Gasteiger charge is 2.21. The predicted molar refractivity (Wildman–Crippen MR) is 79.6 cm³/mol. The van der Waals surface area contributed by atoms with Crippen molar-refractivity contribution >= 4 is 17.0 Å². The van der Waals surface area contributed by atoms with E-state index >= 15 is 0 Å². The smallest absolute Gasteiger partial charge is 0.335 e. The molecule has 1 aromatic heterocycles. The Morgan fingerprint density at radius 2 is 2.29 bits per heavy atom.